The van der Waals surface area contributed by atoms with E-state index in [1.54, 1.807) is 0 Å². The molecular formula is C19H19F8NO9S. The van der Waals surface area contributed by atoms with Crippen LogP contribution in [0.3, 0.4) is 0 Å². The first kappa shape index (κ1) is 30.7. The monoisotopic (exact) mass is 589 g/mol. The van der Waals surface area contributed by atoms with Crippen molar-refractivity contribution < 1.29 is 71.1 Å². The third-order valence-corrected chi connectivity index (χ3v) is 5.62. The molecule has 1 aliphatic rings. The number of nitrogens with zero attached hydrogens (tertiary/aromatic N) is 1. The Morgan fingerprint density at radius 1 is 1.11 bits per heavy atom. The number of carbonyl (C=O) groups excluding carboxylic acids is 2. The summed E-state index contributed by atoms with van der Waals surface area (Å²) < 4.78 is 124. The summed E-state index contributed by atoms with van der Waals surface area (Å²) in [4.78, 5) is 36.1. The number of carbonyl (C=O) groups is 2. The summed E-state index contributed by atoms with van der Waals surface area (Å²) >= 11 is 0. The first-order chi connectivity index (χ1) is 16.9. The van der Waals surface area contributed by atoms with Crippen LogP contribution in [0.5, 0.6) is 5.75 Å². The fourth-order valence-electron chi connectivity index (χ4n) is 2.77. The van der Waals surface area contributed by atoms with E-state index in [4.69, 9.17) is 0 Å². The zero-order valence-corrected chi connectivity index (χ0v) is 20.2. The molecule has 1 heterocycles. The zero-order valence-electron chi connectivity index (χ0n) is 19.4. The Morgan fingerprint density at radius 2 is 1.71 bits per heavy atom. The van der Waals surface area contributed by atoms with Crippen LogP contribution in [-0.2, 0) is 23.8 Å². The smallest absolute Gasteiger partial charge is 0.475 e. The number of benzene rings is 1. The summed E-state index contributed by atoms with van der Waals surface area (Å²) in [6, 6.07) is -0.0877. The number of fused-ring (bicyclic) bond motifs is 1. The number of hydrogen-bond acceptors (Lipinski definition) is 9. The van der Waals surface area contributed by atoms with E-state index < -0.39 is 86.4 Å². The molecule has 0 fully saturated rings. The van der Waals surface area contributed by atoms with Gasteiger partial charge in [-0.3, -0.25) is 0 Å². The minimum absolute atomic E-state index is 0.155. The lowest BCUT2D eigenvalue weighted by molar-refractivity contribution is -0.760. The predicted molar refractivity (Wildman–Crippen MR) is 111 cm³/mol. The van der Waals surface area contributed by atoms with Gasteiger partial charge < -0.3 is 23.8 Å². The third kappa shape index (κ3) is 8.52. The maximum absolute atomic E-state index is 13.5. The van der Waals surface area contributed by atoms with Crippen LogP contribution < -0.4 is 4.74 Å². The minimum atomic E-state index is -10.2. The van der Waals surface area contributed by atoms with Crippen LogP contribution >= 0.6 is 10.2 Å². The molecule has 0 amide bonds. The van der Waals surface area contributed by atoms with Gasteiger partial charge >= 0.3 is 28.5 Å². The highest BCUT2D eigenvalue weighted by Gasteiger charge is 2.65. The second kappa shape index (κ2) is 9.35. The Labute approximate surface area is 208 Å². The molecule has 19 heteroatoms. The van der Waals surface area contributed by atoms with Crippen molar-refractivity contribution in [1.82, 2.24) is 0 Å². The van der Waals surface area contributed by atoms with E-state index in [0.29, 0.717) is 0 Å². The lowest BCUT2D eigenvalue weighted by atomic mass is 9.97. The average molecular weight is 589 g/mol. The van der Waals surface area contributed by atoms with E-state index in [-0.39, 0.29) is 24.3 Å². The predicted octanol–water partition coefficient (Wildman–Crippen LogP) is 6.33. The van der Waals surface area contributed by atoms with Gasteiger partial charge in [-0.25, -0.2) is 9.59 Å². The molecule has 10 nitrogen and oxygen atoms in total. The lowest BCUT2D eigenvalue weighted by Crippen LogP contribution is -2.41. The molecule has 1 aliphatic heterocycles. The molecule has 0 spiro atoms. The molecule has 0 saturated heterocycles. The standard InChI is InChI=1S/C19H19F8NO9S/c1-10(36-17(30)33-8-18(2,3)9-34-28(31)32)35-16(29)13-7-11-6-12(38(23,24,25,26)27)4-5-14(11)37-15(13)19(20,21)22/h4-7,10,15H,8-9H2,1-3H3. The van der Waals surface area contributed by atoms with E-state index in [9.17, 15) is 52.3 Å². The Balaban J connectivity index is 2.19. The first-order valence-corrected chi connectivity index (χ1v) is 12.0. The first-order valence-electron chi connectivity index (χ1n) is 10.0. The van der Waals surface area contributed by atoms with Gasteiger partial charge in [0.1, 0.15) is 23.9 Å². The Kier molecular flexibility index (Phi) is 7.56. The van der Waals surface area contributed by atoms with Gasteiger partial charge in [-0.15, -0.1) is 10.1 Å². The van der Waals surface area contributed by atoms with E-state index in [1.165, 1.54) is 13.8 Å². The Hall–Kier alpha value is -3.51. The maximum Gasteiger partial charge on any atom is 0.511 e. The summed E-state index contributed by atoms with van der Waals surface area (Å²) in [6.07, 6.45) is -11.6. The molecular weight excluding hydrogens is 570 g/mol. The molecule has 0 aliphatic carbocycles. The van der Waals surface area contributed by atoms with Crippen molar-refractivity contribution >= 4 is 28.4 Å². The molecule has 2 rings (SSSR count). The van der Waals surface area contributed by atoms with Gasteiger partial charge in [0.15, 0.2) is 0 Å². The fourth-order valence-corrected chi connectivity index (χ4v) is 3.44. The second-order valence-corrected chi connectivity index (χ2v) is 11.0. The minimum Gasteiger partial charge on any atom is -0.475 e. The summed E-state index contributed by atoms with van der Waals surface area (Å²) in [5, 5.41) is 9.15. The van der Waals surface area contributed by atoms with Gasteiger partial charge in [0, 0.05) is 17.9 Å². The van der Waals surface area contributed by atoms with Crippen LogP contribution in [0, 0.1) is 15.5 Å². The fraction of sp³-hybridized carbons (Fsp3) is 0.474. The third-order valence-electron chi connectivity index (χ3n) is 4.47. The van der Waals surface area contributed by atoms with Gasteiger partial charge in [-0.05, 0) is 24.3 Å². The molecule has 38 heavy (non-hydrogen) atoms. The molecule has 2 atom stereocenters. The van der Waals surface area contributed by atoms with Crippen LogP contribution in [0.15, 0.2) is 28.7 Å². The van der Waals surface area contributed by atoms with Crippen molar-refractivity contribution in [2.45, 2.75) is 44.2 Å². The maximum atomic E-state index is 13.5. The molecule has 0 radical (unpaired) electrons. The molecule has 1 aromatic carbocycles. The van der Waals surface area contributed by atoms with Crippen LogP contribution in [0.4, 0.5) is 37.4 Å². The van der Waals surface area contributed by atoms with Crippen LogP contribution in [0.2, 0.25) is 0 Å². The van der Waals surface area contributed by atoms with Crippen LogP contribution in [-0.4, -0.2) is 49.0 Å². The van der Waals surface area contributed by atoms with Gasteiger partial charge in [-0.1, -0.05) is 33.3 Å². The highest BCUT2D eigenvalue weighted by atomic mass is 32.5. The van der Waals surface area contributed by atoms with Crippen molar-refractivity contribution in [2.75, 3.05) is 13.2 Å². The number of ether oxygens (including phenoxy) is 4. The van der Waals surface area contributed by atoms with Crippen molar-refractivity contribution in [3.63, 3.8) is 0 Å². The van der Waals surface area contributed by atoms with E-state index in [1.807, 2.05) is 0 Å². The number of alkyl halides is 3. The van der Waals surface area contributed by atoms with Gasteiger partial charge in [0.2, 0.25) is 12.4 Å². The van der Waals surface area contributed by atoms with E-state index >= 15 is 0 Å². The Bertz CT molecular complexity index is 1150. The molecule has 0 aromatic heterocycles. The SMILES string of the molecule is CC(OC(=O)OCC(C)(C)CO[N+](=O)[O-])OC(=O)C1=Cc2cc(S(F)(F)(F)(F)F)ccc2OC1C(F)(F)F. The van der Waals surface area contributed by atoms with Crippen LogP contribution in [0.1, 0.15) is 26.3 Å². The molecule has 216 valence electrons. The molecule has 0 saturated carbocycles. The molecule has 1 aromatic rings. The van der Waals surface area contributed by atoms with Crippen molar-refractivity contribution in [2.24, 2.45) is 5.41 Å². The lowest BCUT2D eigenvalue weighted by Gasteiger charge is -2.41. The summed E-state index contributed by atoms with van der Waals surface area (Å²) in [5.41, 5.74) is -3.43. The van der Waals surface area contributed by atoms with Gasteiger partial charge in [0.05, 0.1) is 5.57 Å². The van der Waals surface area contributed by atoms with Crippen molar-refractivity contribution in [1.29, 1.82) is 0 Å². The number of halogens is 8. The highest BCUT2D eigenvalue weighted by Crippen LogP contribution is 3.02. The van der Waals surface area contributed by atoms with E-state index in [2.05, 4.69) is 23.8 Å². The quantitative estimate of drug-likeness (QED) is 0.107. The van der Waals surface area contributed by atoms with Gasteiger partial charge in [0.25, 0.3) is 5.09 Å². The Morgan fingerprint density at radius 3 is 2.24 bits per heavy atom. The summed E-state index contributed by atoms with van der Waals surface area (Å²) in [6.45, 7) is 2.68. The second-order valence-electron chi connectivity index (χ2n) is 8.60. The number of esters is 1. The molecule has 0 N–H and O–H groups in total. The summed E-state index contributed by atoms with van der Waals surface area (Å²) in [5.74, 6) is -2.73. The van der Waals surface area contributed by atoms with Crippen LogP contribution in [0.25, 0.3) is 6.08 Å². The van der Waals surface area contributed by atoms with E-state index in [0.717, 1.165) is 6.92 Å². The highest BCUT2D eigenvalue weighted by molar-refractivity contribution is 8.45. The molecule has 0 bridgehead atoms. The normalized spacial score (nSPS) is 18.4. The number of hydrogen-bond donors (Lipinski definition) is 0. The summed E-state index contributed by atoms with van der Waals surface area (Å²) in [7, 11) is -10.2. The zero-order chi connectivity index (χ0) is 29.4. The van der Waals surface area contributed by atoms with Gasteiger partial charge in [-0.2, -0.15) is 13.2 Å². The number of rotatable bonds is 9. The largest absolute Gasteiger partial charge is 0.511 e. The average Bonchev–Trinajstić information content (AvgIpc) is 2.73. The topological polar surface area (TPSA) is 123 Å². The van der Waals surface area contributed by atoms with Crippen molar-refractivity contribution in [3.05, 3.63) is 39.4 Å². The van der Waals surface area contributed by atoms with Crippen molar-refractivity contribution in [3.8, 4) is 5.75 Å². The molecule has 2 unspecified atom stereocenters.